The molecule has 3 atom stereocenters. The van der Waals surface area contributed by atoms with Crippen LogP contribution in [0.2, 0.25) is 5.02 Å². The van der Waals surface area contributed by atoms with Gasteiger partial charge in [-0.05, 0) is 50.8 Å². The van der Waals surface area contributed by atoms with Crippen LogP contribution >= 0.6 is 11.6 Å². The van der Waals surface area contributed by atoms with Crippen LogP contribution in [-0.2, 0) is 11.3 Å². The number of aromatic nitrogens is 2. The van der Waals surface area contributed by atoms with Crippen molar-refractivity contribution >= 4 is 17.5 Å². The third kappa shape index (κ3) is 3.32. The van der Waals surface area contributed by atoms with E-state index >= 15 is 0 Å². The van der Waals surface area contributed by atoms with Crippen molar-refractivity contribution in [1.82, 2.24) is 14.7 Å². The molecule has 2 heterocycles. The molecular weight excluding hydrogens is 350 g/mol. The monoisotopic (exact) mass is 373 g/mol. The highest BCUT2D eigenvalue weighted by Crippen LogP contribution is 2.41. The van der Waals surface area contributed by atoms with E-state index in [-0.39, 0.29) is 12.0 Å². The van der Waals surface area contributed by atoms with Crippen LogP contribution in [0, 0.1) is 25.7 Å². The Morgan fingerprint density at radius 3 is 2.81 bits per heavy atom. The first-order chi connectivity index (χ1) is 12.5. The van der Waals surface area contributed by atoms with Crippen LogP contribution in [0.5, 0.6) is 5.75 Å². The Morgan fingerprint density at radius 2 is 2.08 bits per heavy atom. The number of nitrogens with zero attached hydrogens (tertiary/aromatic N) is 3. The molecule has 1 saturated carbocycles. The Hall–Kier alpha value is -2.01. The van der Waals surface area contributed by atoms with Crippen molar-refractivity contribution in [3.05, 3.63) is 46.7 Å². The molecule has 0 bridgehead atoms. The van der Waals surface area contributed by atoms with Gasteiger partial charge in [0, 0.05) is 24.7 Å². The molecule has 0 radical (unpaired) electrons. The van der Waals surface area contributed by atoms with Crippen molar-refractivity contribution in [2.24, 2.45) is 11.8 Å². The fraction of sp³-hybridized carbons (Fsp3) is 0.500. The molecule has 1 aliphatic heterocycles. The number of carbonyl (C=O) groups is 1. The van der Waals surface area contributed by atoms with E-state index in [2.05, 4.69) is 5.10 Å². The third-order valence-electron chi connectivity index (χ3n) is 5.65. The minimum atomic E-state index is 0.131. The topological polar surface area (TPSA) is 47.4 Å². The molecule has 2 aromatic rings. The maximum atomic E-state index is 12.7. The lowest BCUT2D eigenvalue weighted by atomic mass is 9.99. The zero-order valence-electron chi connectivity index (χ0n) is 15.2. The van der Waals surface area contributed by atoms with Gasteiger partial charge >= 0.3 is 0 Å². The Kier molecular flexibility index (Phi) is 4.65. The Morgan fingerprint density at radius 1 is 1.27 bits per heavy atom. The largest absolute Gasteiger partial charge is 0.489 e. The number of likely N-dealkylation sites (tertiary alicyclic amines) is 1. The summed E-state index contributed by atoms with van der Waals surface area (Å²) in [7, 11) is 0. The molecule has 1 aliphatic carbocycles. The van der Waals surface area contributed by atoms with Crippen molar-refractivity contribution < 1.29 is 9.53 Å². The van der Waals surface area contributed by atoms with Gasteiger partial charge in [0.05, 0.1) is 10.7 Å². The summed E-state index contributed by atoms with van der Waals surface area (Å²) >= 11 is 6.23. The van der Waals surface area contributed by atoms with Gasteiger partial charge < -0.3 is 9.64 Å². The van der Waals surface area contributed by atoms with Gasteiger partial charge in [-0.2, -0.15) is 5.10 Å². The molecule has 0 N–H and O–H groups in total. The molecule has 5 nitrogen and oxygen atoms in total. The van der Waals surface area contributed by atoms with E-state index < -0.39 is 0 Å². The average molecular weight is 374 g/mol. The molecule has 138 valence electrons. The lowest BCUT2D eigenvalue weighted by molar-refractivity contribution is -0.131. The highest BCUT2D eigenvalue weighted by atomic mass is 35.5. The number of ether oxygens (including phenoxy) is 1. The smallest absolute Gasteiger partial charge is 0.244 e. The second kappa shape index (κ2) is 6.95. The quantitative estimate of drug-likeness (QED) is 0.824. The molecular formula is C20H24ClN3O2. The van der Waals surface area contributed by atoms with Crippen molar-refractivity contribution in [3.63, 3.8) is 0 Å². The summed E-state index contributed by atoms with van der Waals surface area (Å²) in [6, 6.07) is 9.60. The second-order valence-corrected chi connectivity index (χ2v) is 7.88. The SMILES string of the molecule is Cc1cc(C)n(CC(=O)N2C[C@@H]3CC[C@H](Oc4ccccc4Cl)[C@@H]3C2)n1. The van der Waals surface area contributed by atoms with Gasteiger partial charge in [-0.15, -0.1) is 0 Å². The number of hydrogen-bond acceptors (Lipinski definition) is 3. The highest BCUT2D eigenvalue weighted by Gasteiger charge is 2.45. The fourth-order valence-corrected chi connectivity index (χ4v) is 4.51. The summed E-state index contributed by atoms with van der Waals surface area (Å²) in [5.41, 5.74) is 1.97. The lowest BCUT2D eigenvalue weighted by Gasteiger charge is -2.22. The van der Waals surface area contributed by atoms with Crippen molar-refractivity contribution in [2.45, 2.75) is 39.3 Å². The summed E-state index contributed by atoms with van der Waals surface area (Å²) in [5.74, 6) is 1.79. The maximum absolute atomic E-state index is 12.7. The van der Waals surface area contributed by atoms with Crippen LogP contribution in [0.3, 0.4) is 0 Å². The van der Waals surface area contributed by atoms with Gasteiger partial charge in [0.15, 0.2) is 0 Å². The van der Waals surface area contributed by atoms with Crippen molar-refractivity contribution in [1.29, 1.82) is 0 Å². The molecule has 1 aromatic carbocycles. The highest BCUT2D eigenvalue weighted by molar-refractivity contribution is 6.32. The molecule has 0 unspecified atom stereocenters. The number of benzene rings is 1. The van der Waals surface area contributed by atoms with Crippen LogP contribution in [0.25, 0.3) is 0 Å². The molecule has 2 fully saturated rings. The number of amides is 1. The van der Waals surface area contributed by atoms with Crippen LogP contribution in [0.4, 0.5) is 0 Å². The summed E-state index contributed by atoms with van der Waals surface area (Å²) in [4.78, 5) is 14.7. The summed E-state index contributed by atoms with van der Waals surface area (Å²) < 4.78 is 8.00. The lowest BCUT2D eigenvalue weighted by Crippen LogP contribution is -2.35. The maximum Gasteiger partial charge on any atom is 0.244 e. The molecule has 1 saturated heterocycles. The Labute approximate surface area is 158 Å². The zero-order chi connectivity index (χ0) is 18.3. The van der Waals surface area contributed by atoms with Crippen molar-refractivity contribution in [3.8, 4) is 5.75 Å². The standard InChI is InChI=1S/C20H24ClN3O2/c1-13-9-14(2)24(22-13)12-20(25)23-10-15-7-8-18(16(15)11-23)26-19-6-4-3-5-17(19)21/h3-6,9,15-16,18H,7-8,10-12H2,1-2H3/t15-,16+,18-/m0/s1. The Bertz CT molecular complexity index is 819. The number of rotatable bonds is 4. The number of halogens is 1. The van der Waals surface area contributed by atoms with Gasteiger partial charge in [-0.1, -0.05) is 23.7 Å². The normalized spacial score (nSPS) is 24.7. The van der Waals surface area contributed by atoms with Gasteiger partial charge in [0.1, 0.15) is 18.4 Å². The summed E-state index contributed by atoms with van der Waals surface area (Å²) in [5, 5.41) is 5.05. The predicted octanol–water partition coefficient (Wildman–Crippen LogP) is 3.47. The minimum Gasteiger partial charge on any atom is -0.489 e. The minimum absolute atomic E-state index is 0.131. The molecule has 2 aliphatic rings. The molecule has 26 heavy (non-hydrogen) atoms. The zero-order valence-corrected chi connectivity index (χ0v) is 15.9. The van der Waals surface area contributed by atoms with E-state index in [0.29, 0.717) is 23.4 Å². The second-order valence-electron chi connectivity index (χ2n) is 7.47. The number of fused-ring (bicyclic) bond motifs is 1. The van der Waals surface area contributed by atoms with E-state index in [9.17, 15) is 4.79 Å². The van der Waals surface area contributed by atoms with E-state index in [1.807, 2.05) is 49.1 Å². The Balaban J connectivity index is 1.40. The van der Waals surface area contributed by atoms with Gasteiger partial charge in [-0.25, -0.2) is 0 Å². The first-order valence-electron chi connectivity index (χ1n) is 9.21. The number of aryl methyl sites for hydroxylation is 2. The molecule has 1 amide bonds. The average Bonchev–Trinajstić information content (AvgIpc) is 3.26. The van der Waals surface area contributed by atoms with Crippen LogP contribution in [0.15, 0.2) is 30.3 Å². The summed E-state index contributed by atoms with van der Waals surface area (Å²) in [6.07, 6.45) is 2.26. The summed E-state index contributed by atoms with van der Waals surface area (Å²) in [6.45, 7) is 5.84. The van der Waals surface area contributed by atoms with Gasteiger partial charge in [-0.3, -0.25) is 9.48 Å². The van der Waals surface area contributed by atoms with Crippen LogP contribution in [0.1, 0.15) is 24.2 Å². The third-order valence-corrected chi connectivity index (χ3v) is 5.96. The van der Waals surface area contributed by atoms with E-state index in [1.165, 1.54) is 0 Å². The van der Waals surface area contributed by atoms with E-state index in [0.717, 1.165) is 43.1 Å². The van der Waals surface area contributed by atoms with Gasteiger partial charge in [0.2, 0.25) is 5.91 Å². The number of para-hydroxylation sites is 1. The molecule has 4 rings (SSSR count). The fourth-order valence-electron chi connectivity index (χ4n) is 4.33. The number of hydrogen-bond donors (Lipinski definition) is 0. The first-order valence-corrected chi connectivity index (χ1v) is 9.59. The first kappa shape index (κ1) is 17.4. The molecule has 0 spiro atoms. The van der Waals surface area contributed by atoms with E-state index in [4.69, 9.17) is 16.3 Å². The van der Waals surface area contributed by atoms with Crippen LogP contribution < -0.4 is 4.74 Å². The van der Waals surface area contributed by atoms with Crippen molar-refractivity contribution in [2.75, 3.05) is 13.1 Å². The molecule has 6 heteroatoms. The van der Waals surface area contributed by atoms with Crippen LogP contribution in [-0.4, -0.2) is 39.8 Å². The number of carbonyl (C=O) groups excluding carboxylic acids is 1. The van der Waals surface area contributed by atoms with Gasteiger partial charge in [0.25, 0.3) is 0 Å². The predicted molar refractivity (Wildman–Crippen MR) is 100 cm³/mol. The molecule has 1 aromatic heterocycles. The van der Waals surface area contributed by atoms with E-state index in [1.54, 1.807) is 4.68 Å².